The number of halogens is 2. The zero-order valence-corrected chi connectivity index (χ0v) is 11.5. The van der Waals surface area contributed by atoms with Crippen LogP contribution in [0.3, 0.4) is 0 Å². The minimum absolute atomic E-state index is 0.0183. The lowest BCUT2D eigenvalue weighted by Gasteiger charge is -2.11. The number of hydrogen-bond donors (Lipinski definition) is 2. The maximum atomic E-state index is 13.8. The van der Waals surface area contributed by atoms with Crippen molar-refractivity contribution in [2.75, 3.05) is 17.2 Å². The number of nitrogens with zero attached hydrogens (tertiary/aromatic N) is 2. The van der Waals surface area contributed by atoms with Crippen LogP contribution in [0.1, 0.15) is 18.9 Å². The smallest absolute Gasteiger partial charge is 0.169 e. The van der Waals surface area contributed by atoms with Crippen LogP contribution in [0.5, 0.6) is 0 Å². The molecule has 0 aliphatic heterocycles. The average molecular weight is 288 g/mol. The van der Waals surface area contributed by atoms with Gasteiger partial charge in [0.2, 0.25) is 0 Å². The van der Waals surface area contributed by atoms with E-state index in [1.807, 2.05) is 13.0 Å². The molecule has 0 aliphatic rings. The molecule has 0 radical (unpaired) electrons. The molecular formula is C15H14F2N4. The second kappa shape index (κ2) is 6.66. The lowest BCUT2D eigenvalue weighted by atomic mass is 10.2. The highest BCUT2D eigenvalue weighted by Gasteiger charge is 2.13. The molecule has 0 unspecified atom stereocenters. The summed E-state index contributed by atoms with van der Waals surface area (Å²) >= 11 is 0. The number of nitriles is 1. The third-order valence-electron chi connectivity index (χ3n) is 2.77. The van der Waals surface area contributed by atoms with Gasteiger partial charge in [-0.25, -0.2) is 13.8 Å². The molecule has 1 aromatic carbocycles. The maximum Gasteiger partial charge on any atom is 0.169 e. The normalized spacial score (nSPS) is 10.0. The van der Waals surface area contributed by atoms with Crippen LogP contribution in [0, 0.1) is 23.0 Å². The van der Waals surface area contributed by atoms with Gasteiger partial charge in [0.1, 0.15) is 6.07 Å². The summed E-state index contributed by atoms with van der Waals surface area (Å²) in [4.78, 5) is 3.90. The third-order valence-corrected chi connectivity index (χ3v) is 2.77. The number of hydrogen-bond acceptors (Lipinski definition) is 4. The summed E-state index contributed by atoms with van der Waals surface area (Å²) in [7, 11) is 0. The van der Waals surface area contributed by atoms with E-state index in [9.17, 15) is 8.78 Å². The van der Waals surface area contributed by atoms with Gasteiger partial charge in [0.15, 0.2) is 23.3 Å². The fourth-order valence-electron chi connectivity index (χ4n) is 1.74. The van der Waals surface area contributed by atoms with Crippen molar-refractivity contribution in [3.05, 3.63) is 47.5 Å². The van der Waals surface area contributed by atoms with Gasteiger partial charge < -0.3 is 10.6 Å². The van der Waals surface area contributed by atoms with Crippen LogP contribution < -0.4 is 10.6 Å². The first-order valence-corrected chi connectivity index (χ1v) is 6.51. The monoisotopic (exact) mass is 288 g/mol. The number of aromatic nitrogens is 1. The van der Waals surface area contributed by atoms with Crippen molar-refractivity contribution < 1.29 is 8.78 Å². The maximum absolute atomic E-state index is 13.8. The topological polar surface area (TPSA) is 60.7 Å². The minimum Gasteiger partial charge on any atom is -0.368 e. The summed E-state index contributed by atoms with van der Waals surface area (Å²) < 4.78 is 27.4. The predicted molar refractivity (Wildman–Crippen MR) is 77.4 cm³/mol. The Hall–Kier alpha value is -2.68. The van der Waals surface area contributed by atoms with E-state index in [1.165, 1.54) is 0 Å². The molecule has 0 spiro atoms. The van der Waals surface area contributed by atoms with Gasteiger partial charge in [0.05, 0.1) is 11.3 Å². The third kappa shape index (κ3) is 3.45. The second-order valence-corrected chi connectivity index (χ2v) is 4.36. The van der Waals surface area contributed by atoms with Crippen LogP contribution in [0.4, 0.5) is 26.1 Å². The highest BCUT2D eigenvalue weighted by atomic mass is 19.1. The number of para-hydroxylation sites is 1. The van der Waals surface area contributed by atoms with Crippen molar-refractivity contribution >= 4 is 17.3 Å². The number of pyridine rings is 1. The average Bonchev–Trinajstić information content (AvgIpc) is 2.49. The number of rotatable bonds is 5. The minimum atomic E-state index is -0.817. The summed E-state index contributed by atoms with van der Waals surface area (Å²) in [6.45, 7) is 2.46. The fourth-order valence-corrected chi connectivity index (χ4v) is 1.74. The van der Waals surface area contributed by atoms with Gasteiger partial charge in [-0.2, -0.15) is 5.26 Å². The van der Waals surface area contributed by atoms with Crippen molar-refractivity contribution in [3.8, 4) is 6.07 Å². The Balaban J connectivity index is 2.33. The Kier molecular flexibility index (Phi) is 4.67. The van der Waals surface area contributed by atoms with E-state index >= 15 is 0 Å². The van der Waals surface area contributed by atoms with E-state index in [0.29, 0.717) is 17.8 Å². The van der Waals surface area contributed by atoms with Gasteiger partial charge in [0, 0.05) is 12.6 Å². The molecule has 21 heavy (non-hydrogen) atoms. The highest BCUT2D eigenvalue weighted by molar-refractivity contribution is 5.65. The SMILES string of the molecule is CCCNc1nc(Nc2ccccc2C#N)c(F)cc1F. The first kappa shape index (κ1) is 14.7. The van der Waals surface area contributed by atoms with Crippen LogP contribution in [0.25, 0.3) is 0 Å². The van der Waals surface area contributed by atoms with E-state index in [1.54, 1.807) is 24.3 Å². The molecule has 0 bridgehead atoms. The number of benzene rings is 1. The number of nitrogens with one attached hydrogen (secondary N) is 2. The molecule has 1 heterocycles. The molecular weight excluding hydrogens is 274 g/mol. The Morgan fingerprint density at radius 3 is 2.62 bits per heavy atom. The van der Waals surface area contributed by atoms with E-state index in [4.69, 9.17) is 5.26 Å². The van der Waals surface area contributed by atoms with Gasteiger partial charge in [-0.05, 0) is 18.6 Å². The van der Waals surface area contributed by atoms with Crippen LogP contribution in [0.2, 0.25) is 0 Å². The van der Waals surface area contributed by atoms with Crippen LogP contribution >= 0.6 is 0 Å². The molecule has 0 saturated heterocycles. The molecule has 2 N–H and O–H groups in total. The lowest BCUT2D eigenvalue weighted by Crippen LogP contribution is -2.08. The van der Waals surface area contributed by atoms with E-state index in [-0.39, 0.29) is 11.6 Å². The molecule has 0 saturated carbocycles. The summed E-state index contributed by atoms with van der Waals surface area (Å²) in [5, 5.41) is 14.5. The van der Waals surface area contributed by atoms with Gasteiger partial charge in [-0.15, -0.1) is 0 Å². The summed E-state index contributed by atoms with van der Waals surface area (Å²) in [6, 6.07) is 9.39. The van der Waals surface area contributed by atoms with Gasteiger partial charge in [0.25, 0.3) is 0 Å². The quantitative estimate of drug-likeness (QED) is 0.878. The molecule has 4 nitrogen and oxygen atoms in total. The largest absolute Gasteiger partial charge is 0.368 e. The fraction of sp³-hybridized carbons (Fsp3) is 0.200. The standard InChI is InChI=1S/C15H14F2N4/c1-2-7-19-14-11(16)8-12(17)15(21-14)20-13-6-4-3-5-10(13)9-18/h3-6,8H,2,7H2,1H3,(H2,19,20,21). The van der Waals surface area contributed by atoms with Crippen molar-refractivity contribution in [2.24, 2.45) is 0 Å². The van der Waals surface area contributed by atoms with Crippen molar-refractivity contribution in [2.45, 2.75) is 13.3 Å². The van der Waals surface area contributed by atoms with Crippen LogP contribution in [-0.4, -0.2) is 11.5 Å². The molecule has 108 valence electrons. The summed E-state index contributed by atoms with van der Waals surface area (Å²) in [5.74, 6) is -1.71. The number of anilines is 3. The predicted octanol–water partition coefficient (Wildman–Crippen LogP) is 3.80. The molecule has 0 fully saturated rings. The molecule has 2 rings (SSSR count). The molecule has 2 aromatic rings. The van der Waals surface area contributed by atoms with Gasteiger partial charge >= 0.3 is 0 Å². The highest BCUT2D eigenvalue weighted by Crippen LogP contribution is 2.24. The van der Waals surface area contributed by atoms with Crippen molar-refractivity contribution in [1.29, 1.82) is 5.26 Å². The Labute approximate surface area is 121 Å². The zero-order chi connectivity index (χ0) is 15.2. The zero-order valence-electron chi connectivity index (χ0n) is 11.5. The summed E-state index contributed by atoms with van der Waals surface area (Å²) in [5.41, 5.74) is 0.769. The first-order valence-electron chi connectivity index (χ1n) is 6.51. The van der Waals surface area contributed by atoms with Crippen LogP contribution in [-0.2, 0) is 0 Å². The van der Waals surface area contributed by atoms with Crippen molar-refractivity contribution in [3.63, 3.8) is 0 Å². The molecule has 1 aromatic heterocycles. The second-order valence-electron chi connectivity index (χ2n) is 4.36. The molecule has 0 atom stereocenters. The summed E-state index contributed by atoms with van der Waals surface area (Å²) in [6.07, 6.45) is 0.790. The molecule has 6 heteroatoms. The Bertz CT molecular complexity index is 680. The molecule has 0 aliphatic carbocycles. The van der Waals surface area contributed by atoms with E-state index in [2.05, 4.69) is 15.6 Å². The van der Waals surface area contributed by atoms with Gasteiger partial charge in [-0.3, -0.25) is 0 Å². The van der Waals surface area contributed by atoms with Gasteiger partial charge in [-0.1, -0.05) is 19.1 Å². The van der Waals surface area contributed by atoms with E-state index < -0.39 is 11.6 Å². The lowest BCUT2D eigenvalue weighted by molar-refractivity contribution is 0.579. The Morgan fingerprint density at radius 1 is 1.19 bits per heavy atom. The van der Waals surface area contributed by atoms with Crippen molar-refractivity contribution in [1.82, 2.24) is 4.98 Å². The Morgan fingerprint density at radius 2 is 1.90 bits per heavy atom. The molecule has 0 amide bonds. The van der Waals surface area contributed by atoms with E-state index in [0.717, 1.165) is 12.5 Å². The first-order chi connectivity index (χ1) is 10.2. The van der Waals surface area contributed by atoms with Crippen LogP contribution in [0.15, 0.2) is 30.3 Å².